The van der Waals surface area contributed by atoms with Crippen LogP contribution in [0.5, 0.6) is 0 Å². The van der Waals surface area contributed by atoms with Crippen molar-refractivity contribution in [1.82, 2.24) is 9.47 Å². The Hall–Kier alpha value is -2.28. The number of nitrogens with zero attached hydrogens (tertiary/aromatic N) is 3. The minimum absolute atomic E-state index is 0.163. The van der Waals surface area contributed by atoms with Crippen molar-refractivity contribution < 1.29 is 13.2 Å². The SMILES string of the molecule is Cc1c(C(=O)N2CCCC2)c(S(=O)(=O)N2CCc3ccccc32)c(C)n1C. The zero-order valence-corrected chi connectivity index (χ0v) is 16.8. The average Bonchev–Trinajstić information content (AvgIpc) is 3.36. The van der Waals surface area contributed by atoms with E-state index in [0.717, 1.165) is 24.1 Å². The molecule has 144 valence electrons. The molecule has 0 saturated carbocycles. The molecule has 1 aromatic carbocycles. The smallest absolute Gasteiger partial charge is 0.266 e. The van der Waals surface area contributed by atoms with Gasteiger partial charge in [-0.15, -0.1) is 0 Å². The van der Waals surface area contributed by atoms with E-state index in [1.807, 2.05) is 42.8 Å². The highest BCUT2D eigenvalue weighted by atomic mass is 32.2. The molecule has 7 heteroatoms. The van der Waals surface area contributed by atoms with Crippen LogP contribution in [-0.2, 0) is 23.5 Å². The van der Waals surface area contributed by atoms with Gasteiger partial charge >= 0.3 is 0 Å². The van der Waals surface area contributed by atoms with Crippen molar-refractivity contribution in [3.8, 4) is 0 Å². The highest BCUT2D eigenvalue weighted by Gasteiger charge is 2.38. The van der Waals surface area contributed by atoms with E-state index in [2.05, 4.69) is 0 Å². The summed E-state index contributed by atoms with van der Waals surface area (Å²) in [4.78, 5) is 15.1. The lowest BCUT2D eigenvalue weighted by atomic mass is 10.2. The maximum Gasteiger partial charge on any atom is 0.266 e. The van der Waals surface area contributed by atoms with Crippen molar-refractivity contribution in [2.45, 2.75) is 38.0 Å². The Balaban J connectivity index is 1.86. The fourth-order valence-corrected chi connectivity index (χ4v) is 6.22. The van der Waals surface area contributed by atoms with Gasteiger partial charge in [0.1, 0.15) is 4.90 Å². The Bertz CT molecular complexity index is 1020. The Morgan fingerprint density at radius 1 is 1.00 bits per heavy atom. The fourth-order valence-electron chi connectivity index (χ4n) is 4.23. The molecule has 1 aromatic heterocycles. The molecular weight excluding hydrogens is 362 g/mol. The molecule has 2 aliphatic heterocycles. The second-order valence-corrected chi connectivity index (χ2v) is 9.19. The van der Waals surface area contributed by atoms with Crippen LogP contribution in [0.4, 0.5) is 5.69 Å². The number of carbonyl (C=O) groups is 1. The van der Waals surface area contributed by atoms with Gasteiger partial charge in [0.25, 0.3) is 15.9 Å². The molecule has 0 N–H and O–H groups in total. The van der Waals surface area contributed by atoms with E-state index in [1.165, 1.54) is 4.31 Å². The second kappa shape index (κ2) is 6.41. The van der Waals surface area contributed by atoms with Crippen LogP contribution in [0.1, 0.15) is 40.2 Å². The molecular formula is C20H25N3O3S. The molecule has 1 saturated heterocycles. The van der Waals surface area contributed by atoms with Crippen LogP contribution >= 0.6 is 0 Å². The summed E-state index contributed by atoms with van der Waals surface area (Å²) in [6, 6.07) is 7.58. The van der Waals surface area contributed by atoms with E-state index in [-0.39, 0.29) is 10.8 Å². The van der Waals surface area contributed by atoms with Crippen molar-refractivity contribution in [3.63, 3.8) is 0 Å². The van der Waals surface area contributed by atoms with Crippen molar-refractivity contribution in [1.29, 1.82) is 0 Å². The number of carbonyl (C=O) groups excluding carboxylic acids is 1. The van der Waals surface area contributed by atoms with Crippen LogP contribution in [-0.4, -0.2) is 43.4 Å². The molecule has 0 atom stereocenters. The van der Waals surface area contributed by atoms with Crippen LogP contribution in [0.3, 0.4) is 0 Å². The quantitative estimate of drug-likeness (QED) is 0.813. The lowest BCUT2D eigenvalue weighted by molar-refractivity contribution is 0.0788. The van der Waals surface area contributed by atoms with Crippen LogP contribution in [0, 0.1) is 13.8 Å². The Kier molecular flexibility index (Phi) is 4.29. The molecule has 3 heterocycles. The first-order valence-electron chi connectivity index (χ1n) is 9.40. The van der Waals surface area contributed by atoms with Crippen LogP contribution in [0.25, 0.3) is 0 Å². The molecule has 27 heavy (non-hydrogen) atoms. The predicted molar refractivity (Wildman–Crippen MR) is 105 cm³/mol. The molecule has 4 rings (SSSR count). The normalized spacial score (nSPS) is 16.9. The molecule has 1 amide bonds. The number of rotatable bonds is 3. The Morgan fingerprint density at radius 2 is 1.67 bits per heavy atom. The van der Waals surface area contributed by atoms with Crippen molar-refractivity contribution in [2.24, 2.45) is 7.05 Å². The van der Waals surface area contributed by atoms with E-state index >= 15 is 0 Å². The van der Waals surface area contributed by atoms with Crippen molar-refractivity contribution >= 4 is 21.6 Å². The third-order valence-electron chi connectivity index (χ3n) is 5.92. The molecule has 1 fully saturated rings. The van der Waals surface area contributed by atoms with Gasteiger partial charge in [0, 0.05) is 38.1 Å². The van der Waals surface area contributed by atoms with Gasteiger partial charge in [0.15, 0.2) is 0 Å². The highest BCUT2D eigenvalue weighted by Crippen LogP contribution is 2.37. The zero-order chi connectivity index (χ0) is 19.3. The zero-order valence-electron chi connectivity index (χ0n) is 16.0. The summed E-state index contributed by atoms with van der Waals surface area (Å²) in [7, 11) is -2.00. The summed E-state index contributed by atoms with van der Waals surface area (Å²) >= 11 is 0. The lowest BCUT2D eigenvalue weighted by Gasteiger charge is -2.22. The molecule has 0 aliphatic carbocycles. The van der Waals surface area contributed by atoms with Gasteiger partial charge in [-0.1, -0.05) is 18.2 Å². The summed E-state index contributed by atoms with van der Waals surface area (Å²) in [5, 5.41) is 0. The van der Waals surface area contributed by atoms with Gasteiger partial charge < -0.3 is 9.47 Å². The summed E-state index contributed by atoms with van der Waals surface area (Å²) in [6.45, 7) is 5.40. The number of fused-ring (bicyclic) bond motifs is 1. The predicted octanol–water partition coefficient (Wildman–Crippen LogP) is 2.63. The van der Waals surface area contributed by atoms with Gasteiger partial charge in [0.05, 0.1) is 11.3 Å². The number of hydrogen-bond acceptors (Lipinski definition) is 3. The van der Waals surface area contributed by atoms with Crippen LogP contribution in [0.2, 0.25) is 0 Å². The standard InChI is InChI=1S/C20H25N3O3S/c1-14-18(20(24)22-11-6-7-12-22)19(15(2)21(14)3)27(25,26)23-13-10-16-8-4-5-9-17(16)23/h4-5,8-9H,6-7,10-13H2,1-3H3. The topological polar surface area (TPSA) is 62.6 Å². The molecule has 6 nitrogen and oxygen atoms in total. The number of benzene rings is 1. The van der Waals surface area contributed by atoms with E-state index in [0.29, 0.717) is 43.0 Å². The first kappa shape index (κ1) is 18.1. The van der Waals surface area contributed by atoms with E-state index in [4.69, 9.17) is 0 Å². The minimum atomic E-state index is -3.82. The van der Waals surface area contributed by atoms with Crippen LogP contribution < -0.4 is 4.31 Å². The van der Waals surface area contributed by atoms with Gasteiger partial charge in [-0.2, -0.15) is 0 Å². The van der Waals surface area contributed by atoms with Crippen LogP contribution in [0.15, 0.2) is 29.2 Å². The van der Waals surface area contributed by atoms with Crippen molar-refractivity contribution in [3.05, 3.63) is 46.8 Å². The highest BCUT2D eigenvalue weighted by molar-refractivity contribution is 7.93. The number of anilines is 1. The molecule has 0 spiro atoms. The maximum atomic E-state index is 13.7. The summed E-state index contributed by atoms with van der Waals surface area (Å²) in [6.07, 6.45) is 2.63. The first-order valence-corrected chi connectivity index (χ1v) is 10.8. The number of likely N-dealkylation sites (tertiary alicyclic amines) is 1. The lowest BCUT2D eigenvalue weighted by Crippen LogP contribution is -2.33. The molecule has 0 unspecified atom stereocenters. The Labute approximate surface area is 160 Å². The molecule has 2 aliphatic rings. The monoisotopic (exact) mass is 387 g/mol. The summed E-state index contributed by atoms with van der Waals surface area (Å²) < 4.78 is 30.6. The Morgan fingerprint density at radius 3 is 2.37 bits per heavy atom. The van der Waals surface area contributed by atoms with Gasteiger partial charge in [-0.3, -0.25) is 9.10 Å². The minimum Gasteiger partial charge on any atom is -0.350 e. The average molecular weight is 388 g/mol. The summed E-state index contributed by atoms with van der Waals surface area (Å²) in [5.41, 5.74) is 3.40. The van der Waals surface area contributed by atoms with E-state index < -0.39 is 10.0 Å². The summed E-state index contributed by atoms with van der Waals surface area (Å²) in [5.74, 6) is -0.167. The van der Waals surface area contributed by atoms with E-state index in [1.54, 1.807) is 11.8 Å². The van der Waals surface area contributed by atoms with Gasteiger partial charge in [-0.25, -0.2) is 8.42 Å². The molecule has 0 bridgehead atoms. The second-order valence-electron chi connectivity index (χ2n) is 7.39. The van der Waals surface area contributed by atoms with Gasteiger partial charge in [-0.05, 0) is 44.7 Å². The number of hydrogen-bond donors (Lipinski definition) is 0. The number of amides is 1. The third-order valence-corrected chi connectivity index (χ3v) is 7.90. The molecule has 0 radical (unpaired) electrons. The van der Waals surface area contributed by atoms with E-state index in [9.17, 15) is 13.2 Å². The maximum absolute atomic E-state index is 13.7. The number of sulfonamides is 1. The fraction of sp³-hybridized carbons (Fsp3) is 0.450. The first-order chi connectivity index (χ1) is 12.8. The molecule has 2 aromatic rings. The number of para-hydroxylation sites is 1. The largest absolute Gasteiger partial charge is 0.350 e. The van der Waals surface area contributed by atoms with Gasteiger partial charge in [0.2, 0.25) is 0 Å². The third kappa shape index (κ3) is 2.67. The number of aromatic nitrogens is 1. The van der Waals surface area contributed by atoms with Crippen molar-refractivity contribution in [2.75, 3.05) is 23.9 Å².